The second kappa shape index (κ2) is 7.79. The zero-order chi connectivity index (χ0) is 14.4. The predicted molar refractivity (Wildman–Crippen MR) is 77.7 cm³/mol. The van der Waals surface area contributed by atoms with E-state index in [4.69, 9.17) is 11.5 Å². The van der Waals surface area contributed by atoms with Gasteiger partial charge in [-0.3, -0.25) is 4.79 Å². The van der Waals surface area contributed by atoms with Crippen molar-refractivity contribution in [3.8, 4) is 0 Å². The number of hydrogen-bond donors (Lipinski definition) is 3. The molecule has 0 spiro atoms. The van der Waals surface area contributed by atoms with Gasteiger partial charge in [-0.05, 0) is 40.5 Å². The minimum absolute atomic E-state index is 0.0374. The van der Waals surface area contributed by atoms with Gasteiger partial charge in [-0.25, -0.2) is 0 Å². The molecule has 19 heavy (non-hydrogen) atoms. The number of rotatable bonds is 8. The largest absolute Gasteiger partial charge is 0.356 e. The van der Waals surface area contributed by atoms with Gasteiger partial charge in [0.25, 0.3) is 0 Å². The molecule has 0 bridgehead atoms. The molecule has 0 aromatic heterocycles. The van der Waals surface area contributed by atoms with E-state index >= 15 is 0 Å². The summed E-state index contributed by atoms with van der Waals surface area (Å²) in [5.74, 6) is 0.0632. The van der Waals surface area contributed by atoms with Gasteiger partial charge in [0.05, 0.1) is 5.92 Å². The SMILES string of the molecule is CN(C)CCCNC(=O)C1CC(N(C)CCN)C1N. The molecule has 6 heteroatoms. The van der Waals surface area contributed by atoms with Crippen molar-refractivity contribution in [3.05, 3.63) is 0 Å². The average molecular weight is 271 g/mol. The summed E-state index contributed by atoms with van der Waals surface area (Å²) >= 11 is 0. The third-order valence-corrected chi connectivity index (χ3v) is 3.87. The highest BCUT2D eigenvalue weighted by atomic mass is 16.2. The Balaban J connectivity index is 2.22. The summed E-state index contributed by atoms with van der Waals surface area (Å²) < 4.78 is 0. The molecule has 0 heterocycles. The molecule has 0 aromatic rings. The average Bonchev–Trinajstić information content (AvgIpc) is 2.33. The maximum Gasteiger partial charge on any atom is 0.224 e. The van der Waals surface area contributed by atoms with Crippen LogP contribution in [0, 0.1) is 5.92 Å². The van der Waals surface area contributed by atoms with Crippen molar-refractivity contribution in [3.63, 3.8) is 0 Å². The van der Waals surface area contributed by atoms with Crippen molar-refractivity contribution in [2.75, 3.05) is 47.3 Å². The first kappa shape index (κ1) is 16.4. The molecular weight excluding hydrogens is 242 g/mol. The Labute approximate surface area is 116 Å². The fourth-order valence-corrected chi connectivity index (χ4v) is 2.51. The van der Waals surface area contributed by atoms with Crippen LogP contribution in [0.1, 0.15) is 12.8 Å². The van der Waals surface area contributed by atoms with Gasteiger partial charge in [-0.15, -0.1) is 0 Å². The number of nitrogens with zero attached hydrogens (tertiary/aromatic N) is 2. The molecule has 1 rings (SSSR count). The van der Waals surface area contributed by atoms with Crippen LogP contribution in [0.2, 0.25) is 0 Å². The van der Waals surface area contributed by atoms with Gasteiger partial charge in [0, 0.05) is 31.7 Å². The first-order valence-corrected chi connectivity index (χ1v) is 7.05. The third kappa shape index (κ3) is 4.72. The highest BCUT2D eigenvalue weighted by Crippen LogP contribution is 2.30. The monoisotopic (exact) mass is 271 g/mol. The van der Waals surface area contributed by atoms with E-state index in [-0.39, 0.29) is 17.9 Å². The van der Waals surface area contributed by atoms with Crippen molar-refractivity contribution in [1.29, 1.82) is 0 Å². The highest BCUT2D eigenvalue weighted by molar-refractivity contribution is 5.80. The molecule has 3 unspecified atom stereocenters. The first-order chi connectivity index (χ1) is 8.97. The second-order valence-electron chi connectivity index (χ2n) is 5.70. The lowest BCUT2D eigenvalue weighted by atomic mass is 9.74. The number of nitrogens with two attached hydrogens (primary N) is 2. The van der Waals surface area contributed by atoms with E-state index in [1.54, 1.807) is 0 Å². The summed E-state index contributed by atoms with van der Waals surface area (Å²) in [7, 11) is 6.08. The molecule has 112 valence electrons. The summed E-state index contributed by atoms with van der Waals surface area (Å²) in [5, 5.41) is 2.97. The highest BCUT2D eigenvalue weighted by Gasteiger charge is 2.44. The fourth-order valence-electron chi connectivity index (χ4n) is 2.51. The third-order valence-electron chi connectivity index (χ3n) is 3.87. The molecule has 1 aliphatic rings. The zero-order valence-corrected chi connectivity index (χ0v) is 12.4. The Bertz CT molecular complexity index is 284. The van der Waals surface area contributed by atoms with Crippen LogP contribution in [-0.4, -0.2) is 75.1 Å². The van der Waals surface area contributed by atoms with Crippen molar-refractivity contribution in [1.82, 2.24) is 15.1 Å². The smallest absolute Gasteiger partial charge is 0.224 e. The van der Waals surface area contributed by atoms with Crippen LogP contribution in [0.15, 0.2) is 0 Å². The summed E-state index contributed by atoms with van der Waals surface area (Å²) in [4.78, 5) is 16.2. The number of hydrogen-bond acceptors (Lipinski definition) is 5. The van der Waals surface area contributed by atoms with E-state index in [9.17, 15) is 4.79 Å². The topological polar surface area (TPSA) is 87.6 Å². The first-order valence-electron chi connectivity index (χ1n) is 7.05. The zero-order valence-electron chi connectivity index (χ0n) is 12.4. The minimum Gasteiger partial charge on any atom is -0.356 e. The summed E-state index contributed by atoms with van der Waals surface area (Å²) in [6.45, 7) is 3.17. The number of likely N-dealkylation sites (N-methyl/N-ethyl adjacent to an activating group) is 1. The standard InChI is InChI=1S/C13H29N5O/c1-17(2)7-4-6-16-13(19)10-9-11(12(10)15)18(3)8-5-14/h10-12H,4-9,14-15H2,1-3H3,(H,16,19). The van der Waals surface area contributed by atoms with Crippen LogP contribution in [0.3, 0.4) is 0 Å². The Morgan fingerprint density at radius 1 is 1.32 bits per heavy atom. The number of carbonyl (C=O) groups excluding carboxylic acids is 1. The lowest BCUT2D eigenvalue weighted by Crippen LogP contribution is -2.64. The van der Waals surface area contributed by atoms with Gasteiger partial charge in [0.1, 0.15) is 0 Å². The van der Waals surface area contributed by atoms with Crippen LogP contribution < -0.4 is 16.8 Å². The lowest BCUT2D eigenvalue weighted by molar-refractivity contribution is -0.130. The van der Waals surface area contributed by atoms with Crippen LogP contribution >= 0.6 is 0 Å². The number of carbonyl (C=O) groups is 1. The van der Waals surface area contributed by atoms with Gasteiger partial charge in [0.15, 0.2) is 0 Å². The quantitative estimate of drug-likeness (QED) is 0.476. The normalized spacial score (nSPS) is 26.6. The molecule has 1 fully saturated rings. The van der Waals surface area contributed by atoms with Gasteiger partial charge in [0.2, 0.25) is 5.91 Å². The van der Waals surface area contributed by atoms with E-state index in [0.717, 1.165) is 32.5 Å². The van der Waals surface area contributed by atoms with E-state index in [2.05, 4.69) is 15.1 Å². The van der Waals surface area contributed by atoms with E-state index < -0.39 is 0 Å². The molecule has 1 amide bonds. The Hall–Kier alpha value is -0.690. The van der Waals surface area contributed by atoms with Gasteiger partial charge in [-0.2, -0.15) is 0 Å². The summed E-state index contributed by atoms with van der Waals surface area (Å²) in [6, 6.07) is 0.228. The molecule has 0 radical (unpaired) electrons. The van der Waals surface area contributed by atoms with Gasteiger partial charge >= 0.3 is 0 Å². The lowest BCUT2D eigenvalue weighted by Gasteiger charge is -2.46. The molecule has 1 saturated carbocycles. The van der Waals surface area contributed by atoms with Gasteiger partial charge in [-0.1, -0.05) is 0 Å². The summed E-state index contributed by atoms with van der Waals surface area (Å²) in [5.41, 5.74) is 11.6. The molecule has 6 nitrogen and oxygen atoms in total. The molecule has 5 N–H and O–H groups in total. The minimum atomic E-state index is -0.0644. The predicted octanol–water partition coefficient (Wildman–Crippen LogP) is -1.34. The molecule has 0 saturated heterocycles. The summed E-state index contributed by atoms with van der Waals surface area (Å²) in [6.07, 6.45) is 1.81. The van der Waals surface area contributed by atoms with E-state index in [1.165, 1.54) is 0 Å². The van der Waals surface area contributed by atoms with E-state index in [1.807, 2.05) is 21.1 Å². The molecule has 0 aliphatic heterocycles. The second-order valence-corrected chi connectivity index (χ2v) is 5.70. The van der Waals surface area contributed by atoms with Crippen LogP contribution in [-0.2, 0) is 4.79 Å². The molecule has 0 aromatic carbocycles. The Morgan fingerprint density at radius 3 is 2.53 bits per heavy atom. The Kier molecular flexibility index (Phi) is 6.71. The number of nitrogens with one attached hydrogen (secondary N) is 1. The van der Waals surface area contributed by atoms with E-state index in [0.29, 0.717) is 12.6 Å². The van der Waals surface area contributed by atoms with Crippen LogP contribution in [0.25, 0.3) is 0 Å². The van der Waals surface area contributed by atoms with Crippen molar-refractivity contribution >= 4 is 5.91 Å². The van der Waals surface area contributed by atoms with Crippen molar-refractivity contribution in [2.45, 2.75) is 24.9 Å². The van der Waals surface area contributed by atoms with Crippen LogP contribution in [0.4, 0.5) is 0 Å². The maximum atomic E-state index is 12.0. The Morgan fingerprint density at radius 2 is 2.00 bits per heavy atom. The fraction of sp³-hybridized carbons (Fsp3) is 0.923. The maximum absolute atomic E-state index is 12.0. The van der Waals surface area contributed by atoms with Crippen molar-refractivity contribution in [2.24, 2.45) is 17.4 Å². The van der Waals surface area contributed by atoms with Crippen LogP contribution in [0.5, 0.6) is 0 Å². The molecular formula is C13H29N5O. The van der Waals surface area contributed by atoms with Crippen molar-refractivity contribution < 1.29 is 4.79 Å². The molecule has 3 atom stereocenters. The number of amides is 1. The van der Waals surface area contributed by atoms with Gasteiger partial charge < -0.3 is 26.6 Å². The molecule has 1 aliphatic carbocycles.